The van der Waals surface area contributed by atoms with Gasteiger partial charge >= 0.3 is 0 Å². The molecular weight excluding hydrogens is 280 g/mol. The monoisotopic (exact) mass is 296 g/mol. The Morgan fingerprint density at radius 3 is 2.74 bits per heavy atom. The maximum Gasteiger partial charge on any atom is 0.180 e. The first-order chi connectivity index (χ1) is 8.97. The van der Waals surface area contributed by atoms with Crippen molar-refractivity contribution in [1.82, 2.24) is 4.98 Å². The maximum atomic E-state index is 6.23. The first-order valence-corrected chi connectivity index (χ1v) is 7.36. The Labute approximate surface area is 122 Å². The predicted molar refractivity (Wildman–Crippen MR) is 81.1 cm³/mol. The fourth-order valence-corrected chi connectivity index (χ4v) is 2.79. The van der Waals surface area contributed by atoms with E-state index in [1.165, 1.54) is 11.3 Å². The van der Waals surface area contributed by atoms with Gasteiger partial charge in [-0.15, -0.1) is 11.3 Å². The van der Waals surface area contributed by atoms with Gasteiger partial charge in [0.1, 0.15) is 12.4 Å². The van der Waals surface area contributed by atoms with Gasteiger partial charge in [0.05, 0.1) is 5.69 Å². The van der Waals surface area contributed by atoms with Crippen LogP contribution in [0.15, 0.2) is 17.5 Å². The summed E-state index contributed by atoms with van der Waals surface area (Å²) in [5, 5.41) is 3.26. The van der Waals surface area contributed by atoms with Crippen LogP contribution >= 0.6 is 22.9 Å². The number of thiazole rings is 1. The lowest BCUT2D eigenvalue weighted by atomic mass is 10.0. The molecule has 102 valence electrons. The summed E-state index contributed by atoms with van der Waals surface area (Å²) in [6.07, 6.45) is 0. The molecule has 3 nitrogen and oxygen atoms in total. The minimum absolute atomic E-state index is 0.366. The number of anilines is 1. The van der Waals surface area contributed by atoms with Crippen molar-refractivity contribution in [2.75, 3.05) is 5.73 Å². The number of halogens is 1. The predicted octanol–water partition coefficient (Wildman–Crippen LogP) is 4.39. The van der Waals surface area contributed by atoms with Crippen molar-refractivity contribution in [3.63, 3.8) is 0 Å². The number of aromatic nitrogens is 1. The number of nitrogen functional groups attached to an aromatic ring is 1. The second kappa shape index (κ2) is 5.80. The van der Waals surface area contributed by atoms with Crippen molar-refractivity contribution in [3.8, 4) is 5.75 Å². The first kappa shape index (κ1) is 14.2. The molecule has 0 unspecified atom stereocenters. The lowest BCUT2D eigenvalue weighted by molar-refractivity contribution is 0.300. The SMILES string of the molecule is Cc1cc(Cl)c(C(C)C)cc1OCc1csc(N)n1. The number of aryl methyl sites for hydroxylation is 1. The molecular formula is C14H17ClN2OS. The van der Waals surface area contributed by atoms with Gasteiger partial charge in [-0.25, -0.2) is 4.98 Å². The van der Waals surface area contributed by atoms with Crippen molar-refractivity contribution in [2.45, 2.75) is 33.3 Å². The van der Waals surface area contributed by atoms with Crippen LogP contribution in [0.1, 0.15) is 36.6 Å². The van der Waals surface area contributed by atoms with Crippen LogP contribution < -0.4 is 10.5 Å². The lowest BCUT2D eigenvalue weighted by Gasteiger charge is -2.14. The van der Waals surface area contributed by atoms with Gasteiger partial charge in [0.2, 0.25) is 0 Å². The molecule has 0 spiro atoms. The number of nitrogens with two attached hydrogens (primary N) is 1. The van der Waals surface area contributed by atoms with E-state index in [1.807, 2.05) is 24.4 Å². The third-order valence-electron chi connectivity index (χ3n) is 2.86. The second-order valence-electron chi connectivity index (χ2n) is 4.76. The zero-order chi connectivity index (χ0) is 14.0. The molecule has 0 bridgehead atoms. The van der Waals surface area contributed by atoms with Crippen molar-refractivity contribution in [3.05, 3.63) is 39.4 Å². The molecule has 0 saturated heterocycles. The molecule has 2 N–H and O–H groups in total. The van der Waals surface area contributed by atoms with Crippen LogP contribution in [0.4, 0.5) is 5.13 Å². The van der Waals surface area contributed by atoms with Crippen molar-refractivity contribution in [1.29, 1.82) is 0 Å². The Kier molecular flexibility index (Phi) is 4.32. The van der Waals surface area contributed by atoms with Crippen LogP contribution in [0.3, 0.4) is 0 Å². The number of hydrogen-bond acceptors (Lipinski definition) is 4. The van der Waals surface area contributed by atoms with E-state index in [4.69, 9.17) is 22.1 Å². The molecule has 0 saturated carbocycles. The van der Waals surface area contributed by atoms with E-state index < -0.39 is 0 Å². The van der Waals surface area contributed by atoms with Gasteiger partial charge in [-0.2, -0.15) is 0 Å². The highest BCUT2D eigenvalue weighted by molar-refractivity contribution is 7.13. The van der Waals surface area contributed by atoms with Gasteiger partial charge in [-0.1, -0.05) is 25.4 Å². The average molecular weight is 297 g/mol. The Bertz CT molecular complexity index is 581. The minimum Gasteiger partial charge on any atom is -0.487 e. The van der Waals surface area contributed by atoms with Crippen LogP contribution in [0, 0.1) is 6.92 Å². The number of rotatable bonds is 4. The highest BCUT2D eigenvalue weighted by Crippen LogP contribution is 2.31. The number of hydrogen-bond donors (Lipinski definition) is 1. The Balaban J connectivity index is 2.17. The Morgan fingerprint density at radius 2 is 2.16 bits per heavy atom. The number of nitrogens with zero attached hydrogens (tertiary/aromatic N) is 1. The van der Waals surface area contributed by atoms with Gasteiger partial charge in [-0.05, 0) is 36.1 Å². The molecule has 0 aliphatic heterocycles. The van der Waals surface area contributed by atoms with Gasteiger partial charge in [0, 0.05) is 10.4 Å². The minimum atomic E-state index is 0.366. The van der Waals surface area contributed by atoms with E-state index in [9.17, 15) is 0 Å². The highest BCUT2D eigenvalue weighted by Gasteiger charge is 2.10. The summed E-state index contributed by atoms with van der Waals surface area (Å²) >= 11 is 7.65. The van der Waals surface area contributed by atoms with Gasteiger partial charge < -0.3 is 10.5 Å². The largest absolute Gasteiger partial charge is 0.487 e. The molecule has 2 rings (SSSR count). The van der Waals surface area contributed by atoms with Crippen molar-refractivity contribution in [2.24, 2.45) is 0 Å². The fourth-order valence-electron chi connectivity index (χ4n) is 1.81. The van der Waals surface area contributed by atoms with E-state index in [0.29, 0.717) is 17.7 Å². The Morgan fingerprint density at radius 1 is 1.42 bits per heavy atom. The summed E-state index contributed by atoms with van der Waals surface area (Å²) in [5.74, 6) is 1.21. The standard InChI is InChI=1S/C14H17ClN2OS/c1-8(2)11-5-13(9(3)4-12(11)15)18-6-10-7-19-14(16)17-10/h4-5,7-8H,6H2,1-3H3,(H2,16,17). The van der Waals surface area contributed by atoms with Crippen LogP contribution in [0.25, 0.3) is 0 Å². The summed E-state index contributed by atoms with van der Waals surface area (Å²) in [5.41, 5.74) is 8.57. The van der Waals surface area contributed by atoms with Gasteiger partial charge in [-0.3, -0.25) is 0 Å². The average Bonchev–Trinajstić information content (AvgIpc) is 2.73. The molecule has 1 aromatic heterocycles. The van der Waals surface area contributed by atoms with E-state index in [2.05, 4.69) is 18.8 Å². The summed E-state index contributed by atoms with van der Waals surface area (Å²) in [7, 11) is 0. The van der Waals surface area contributed by atoms with E-state index in [0.717, 1.165) is 27.6 Å². The third kappa shape index (κ3) is 3.39. The lowest BCUT2D eigenvalue weighted by Crippen LogP contribution is -2.00. The summed E-state index contributed by atoms with van der Waals surface area (Å²) in [6.45, 7) is 6.64. The van der Waals surface area contributed by atoms with Crippen LogP contribution in [0.2, 0.25) is 5.02 Å². The van der Waals surface area contributed by atoms with Crippen molar-refractivity contribution < 1.29 is 4.74 Å². The topological polar surface area (TPSA) is 48.1 Å². The van der Waals surface area contributed by atoms with Crippen molar-refractivity contribution >= 4 is 28.1 Å². The van der Waals surface area contributed by atoms with Crippen LogP contribution in [0.5, 0.6) is 5.75 Å². The molecule has 0 radical (unpaired) electrons. The molecule has 19 heavy (non-hydrogen) atoms. The smallest absolute Gasteiger partial charge is 0.180 e. The zero-order valence-corrected chi connectivity index (χ0v) is 12.8. The third-order valence-corrected chi connectivity index (χ3v) is 3.91. The van der Waals surface area contributed by atoms with E-state index >= 15 is 0 Å². The molecule has 0 fully saturated rings. The van der Waals surface area contributed by atoms with Gasteiger partial charge in [0.25, 0.3) is 0 Å². The van der Waals surface area contributed by atoms with E-state index in [1.54, 1.807) is 0 Å². The maximum absolute atomic E-state index is 6.23. The Hall–Kier alpha value is -1.26. The summed E-state index contributed by atoms with van der Waals surface area (Å²) in [4.78, 5) is 4.18. The molecule has 0 atom stereocenters. The number of benzene rings is 1. The summed E-state index contributed by atoms with van der Waals surface area (Å²) < 4.78 is 5.81. The molecule has 0 aliphatic rings. The molecule has 0 amide bonds. The molecule has 1 heterocycles. The summed E-state index contributed by atoms with van der Waals surface area (Å²) in [6, 6.07) is 3.96. The first-order valence-electron chi connectivity index (χ1n) is 6.10. The second-order valence-corrected chi connectivity index (χ2v) is 6.06. The van der Waals surface area contributed by atoms with E-state index in [-0.39, 0.29) is 0 Å². The van der Waals surface area contributed by atoms with Gasteiger partial charge in [0.15, 0.2) is 5.13 Å². The normalized spacial score (nSPS) is 11.0. The molecule has 5 heteroatoms. The molecule has 2 aromatic rings. The molecule has 0 aliphatic carbocycles. The van der Waals surface area contributed by atoms with Crippen LogP contribution in [-0.2, 0) is 6.61 Å². The zero-order valence-electron chi connectivity index (χ0n) is 11.2. The highest BCUT2D eigenvalue weighted by atomic mass is 35.5. The van der Waals surface area contributed by atoms with Crippen LogP contribution in [-0.4, -0.2) is 4.98 Å². The quantitative estimate of drug-likeness (QED) is 0.910. The fraction of sp³-hybridized carbons (Fsp3) is 0.357. The molecule has 1 aromatic carbocycles. The number of ether oxygens (including phenoxy) is 1.